The predicted molar refractivity (Wildman–Crippen MR) is 241 cm³/mol. The number of hydrogen-bond donors (Lipinski definition) is 2. The zero-order valence-electron chi connectivity index (χ0n) is 39.0. The van der Waals surface area contributed by atoms with Crippen molar-refractivity contribution in [2.45, 2.75) is 96.5 Å². The first-order valence-electron chi connectivity index (χ1n) is 22.5. The molecule has 0 aliphatic carbocycles. The fourth-order valence-electron chi connectivity index (χ4n) is 7.92. The lowest BCUT2D eigenvalue weighted by Crippen LogP contribution is -2.60. The van der Waals surface area contributed by atoms with Gasteiger partial charge in [-0.05, 0) is 51.3 Å². The summed E-state index contributed by atoms with van der Waals surface area (Å²) < 4.78 is 51.3. The maximum absolute atomic E-state index is 14.1. The summed E-state index contributed by atoms with van der Waals surface area (Å²) >= 11 is 6.79. The molecule has 0 aromatic heterocycles. The Labute approximate surface area is 391 Å². The van der Waals surface area contributed by atoms with Gasteiger partial charge in [0.2, 0.25) is 5.91 Å². The van der Waals surface area contributed by atoms with Gasteiger partial charge in [0, 0.05) is 37.5 Å². The molecule has 4 aliphatic heterocycles. The van der Waals surface area contributed by atoms with Crippen LogP contribution >= 0.6 is 11.6 Å². The topological polar surface area (TPSA) is 210 Å². The van der Waals surface area contributed by atoms with Gasteiger partial charge in [0.25, 0.3) is 11.8 Å². The normalized spacial score (nSPS) is 28.6. The molecule has 1 unspecified atom stereocenters. The van der Waals surface area contributed by atoms with Crippen molar-refractivity contribution < 1.29 is 71.7 Å². The molecule has 66 heavy (non-hydrogen) atoms. The van der Waals surface area contributed by atoms with Gasteiger partial charge in [0.15, 0.2) is 6.10 Å². The number of hydrogen-bond acceptors (Lipinski definition) is 15. The molecular weight excluding hydrogens is 882 g/mol. The summed E-state index contributed by atoms with van der Waals surface area (Å²) in [5.41, 5.74) is 0.496. The molecule has 4 bridgehead atoms. The number of alkyl carbamates (subject to hydrolysis) is 1. The van der Waals surface area contributed by atoms with Crippen LogP contribution < -0.4 is 10.2 Å². The van der Waals surface area contributed by atoms with Crippen molar-refractivity contribution in [3.05, 3.63) is 64.2 Å². The minimum absolute atomic E-state index is 0.0688. The molecule has 366 valence electrons. The van der Waals surface area contributed by atoms with Crippen molar-refractivity contribution in [2.75, 3.05) is 91.2 Å². The van der Waals surface area contributed by atoms with Crippen LogP contribution in [0.5, 0.6) is 0 Å². The second-order valence-corrected chi connectivity index (χ2v) is 17.6. The number of anilines is 1. The Morgan fingerprint density at radius 1 is 0.909 bits per heavy atom. The Morgan fingerprint density at radius 2 is 1.48 bits per heavy atom. The molecule has 4 amide bonds. The lowest BCUT2D eigenvalue weighted by Gasteiger charge is -2.41. The molecule has 4 aliphatic rings. The Kier molecular flexibility index (Phi) is 19.7. The molecule has 18 nitrogen and oxygen atoms in total. The number of carbonyl (C=O) groups is 5. The first-order valence-corrected chi connectivity index (χ1v) is 22.8. The predicted octanol–water partition coefficient (Wildman–Crippen LogP) is 4.00. The van der Waals surface area contributed by atoms with Crippen LogP contribution in [0.2, 0.25) is 5.02 Å². The molecule has 1 aromatic rings. The van der Waals surface area contributed by atoms with E-state index in [1.807, 2.05) is 58.1 Å². The van der Waals surface area contributed by atoms with Gasteiger partial charge in [0.1, 0.15) is 23.5 Å². The molecule has 8 atom stereocenters. The second-order valence-electron chi connectivity index (χ2n) is 17.2. The highest BCUT2D eigenvalue weighted by Crippen LogP contribution is 2.49. The van der Waals surface area contributed by atoms with Crippen LogP contribution in [-0.2, 0) is 68.2 Å². The summed E-state index contributed by atoms with van der Waals surface area (Å²) in [6.45, 7) is 14.3. The van der Waals surface area contributed by atoms with Gasteiger partial charge < -0.3 is 52.6 Å². The van der Waals surface area contributed by atoms with Crippen LogP contribution in [-0.4, -0.2) is 162 Å². The molecule has 0 radical (unpaired) electrons. The number of ether oxygens (including phenoxy) is 9. The van der Waals surface area contributed by atoms with Crippen molar-refractivity contribution in [2.24, 2.45) is 11.8 Å². The standard InChI is InChI=1S/C47H66ClN3O15/c1-30-9-8-10-32(3)47(57)29-37(64-45(56)49-47)33(4)43-46(6,66-43)38(28-41(54)50(7)36-27-35(25-30)26-31(2)42(36)48)65-44(55)34(5)63-24-23-62-22-21-61-20-19-60-18-17-59-16-15-58-14-13-51-39(52)11-12-40(51)53/h8-12,26-27,32-34,37-38,43,57H,13-25,28-29H2,1-7H3,(H,49,56)/b10-8+,30-9+/t32-,33-,34+,37?,38+,43+,46+,47+/m1/s1. The lowest BCUT2D eigenvalue weighted by atomic mass is 9.82. The molecule has 2 fully saturated rings. The number of carbonyl (C=O) groups excluding carboxylic acids is 5. The van der Waals surface area contributed by atoms with Crippen molar-refractivity contribution in [1.82, 2.24) is 10.2 Å². The van der Waals surface area contributed by atoms with Crippen molar-refractivity contribution in [3.8, 4) is 0 Å². The zero-order valence-corrected chi connectivity index (χ0v) is 39.8. The summed E-state index contributed by atoms with van der Waals surface area (Å²) in [5, 5.41) is 14.7. The average Bonchev–Trinajstić information content (AvgIpc) is 3.87. The number of halogens is 1. The number of rotatable bonds is 21. The van der Waals surface area contributed by atoms with Gasteiger partial charge in [0.05, 0.1) is 102 Å². The Morgan fingerprint density at radius 3 is 2.09 bits per heavy atom. The second kappa shape index (κ2) is 24.7. The Bertz CT molecular complexity index is 1940. The molecule has 0 saturated carbocycles. The third-order valence-corrected chi connectivity index (χ3v) is 12.6. The molecule has 19 heteroatoms. The van der Waals surface area contributed by atoms with Crippen molar-refractivity contribution in [3.63, 3.8) is 0 Å². The summed E-state index contributed by atoms with van der Waals surface area (Å²) in [4.78, 5) is 66.2. The van der Waals surface area contributed by atoms with E-state index in [-0.39, 0.29) is 63.5 Å². The van der Waals surface area contributed by atoms with E-state index in [4.69, 9.17) is 54.2 Å². The van der Waals surface area contributed by atoms with Gasteiger partial charge in [-0.15, -0.1) is 0 Å². The number of aryl methyl sites for hydroxylation is 1. The van der Waals surface area contributed by atoms with E-state index >= 15 is 0 Å². The third-order valence-electron chi connectivity index (χ3n) is 12.1. The number of fused-ring (bicyclic) bond motifs is 5. The van der Waals surface area contributed by atoms with Crippen LogP contribution in [0.1, 0.15) is 58.6 Å². The van der Waals surface area contributed by atoms with Gasteiger partial charge in [-0.2, -0.15) is 0 Å². The minimum atomic E-state index is -1.61. The number of amides is 4. The van der Waals surface area contributed by atoms with E-state index in [1.165, 1.54) is 17.1 Å². The van der Waals surface area contributed by atoms with E-state index in [2.05, 4.69) is 5.32 Å². The molecule has 4 heterocycles. The van der Waals surface area contributed by atoms with E-state index in [0.29, 0.717) is 63.4 Å². The first kappa shape index (κ1) is 52.7. The zero-order chi connectivity index (χ0) is 48.0. The van der Waals surface area contributed by atoms with E-state index in [1.54, 1.807) is 20.9 Å². The first-order chi connectivity index (χ1) is 31.4. The number of allylic oxidation sites excluding steroid dienone is 3. The lowest BCUT2D eigenvalue weighted by molar-refractivity contribution is -0.166. The summed E-state index contributed by atoms with van der Waals surface area (Å²) in [6, 6.07) is 3.85. The largest absolute Gasteiger partial charge is 0.457 e. The number of nitrogens with one attached hydrogen (secondary N) is 1. The monoisotopic (exact) mass is 947 g/mol. The average molecular weight is 949 g/mol. The molecule has 5 rings (SSSR count). The van der Waals surface area contributed by atoms with Crippen LogP contribution in [0, 0.1) is 18.8 Å². The highest BCUT2D eigenvalue weighted by Gasteiger charge is 2.64. The van der Waals surface area contributed by atoms with Crippen molar-refractivity contribution >= 4 is 47.1 Å². The molecule has 2 N–H and O–H groups in total. The van der Waals surface area contributed by atoms with Crippen LogP contribution in [0.3, 0.4) is 0 Å². The summed E-state index contributed by atoms with van der Waals surface area (Å²) in [6.07, 6.45) is 4.28. The number of epoxide rings is 1. The van der Waals surface area contributed by atoms with E-state index in [0.717, 1.165) is 21.6 Å². The fraction of sp³-hybridized carbons (Fsp3) is 0.638. The van der Waals surface area contributed by atoms with Gasteiger partial charge in [-0.3, -0.25) is 24.6 Å². The number of imide groups is 1. The SMILES string of the molecule is C/C1=C\C=C\[C@@H](C)[C@@]2(O)CC(OC(=O)N2)[C@@H](C)[C@@H]2O[C@@]2(C)[C@@H](OC(=O)[C@H](C)OCCOCCOCCOCCOCCOCCN2C(=O)C=CC2=O)CC(=O)N(C)c2cc(cc(C)c2Cl)C1. The van der Waals surface area contributed by atoms with Crippen LogP contribution in [0.4, 0.5) is 10.5 Å². The number of aliphatic hydroxyl groups is 1. The molecule has 2 saturated heterocycles. The Hall–Kier alpha value is -4.24. The Balaban J connectivity index is 1.06. The smallest absolute Gasteiger partial charge is 0.409 e. The molecular formula is C47H66ClN3O15. The maximum Gasteiger partial charge on any atom is 0.409 e. The maximum atomic E-state index is 14.1. The third kappa shape index (κ3) is 14.6. The van der Waals surface area contributed by atoms with Crippen LogP contribution in [0.25, 0.3) is 0 Å². The van der Waals surface area contributed by atoms with Gasteiger partial charge in [-0.1, -0.05) is 55.3 Å². The van der Waals surface area contributed by atoms with Crippen LogP contribution in [0.15, 0.2) is 48.1 Å². The fourth-order valence-corrected chi connectivity index (χ4v) is 8.16. The van der Waals surface area contributed by atoms with Crippen molar-refractivity contribution in [1.29, 1.82) is 0 Å². The minimum Gasteiger partial charge on any atom is -0.457 e. The quantitative estimate of drug-likeness (QED) is 0.0773. The van der Waals surface area contributed by atoms with E-state index in [9.17, 15) is 29.1 Å². The molecule has 0 spiro atoms. The summed E-state index contributed by atoms with van der Waals surface area (Å²) in [5.74, 6) is -2.69. The summed E-state index contributed by atoms with van der Waals surface area (Å²) in [7, 11) is 1.63. The van der Waals surface area contributed by atoms with Gasteiger partial charge in [-0.25, -0.2) is 9.59 Å². The highest BCUT2D eigenvalue weighted by molar-refractivity contribution is 6.34. The number of benzene rings is 1. The van der Waals surface area contributed by atoms with Gasteiger partial charge >= 0.3 is 12.1 Å². The highest BCUT2D eigenvalue weighted by atomic mass is 35.5. The molecule has 1 aromatic carbocycles. The number of nitrogens with zero attached hydrogens (tertiary/aromatic N) is 2. The number of esters is 1. The van der Waals surface area contributed by atoms with E-state index < -0.39 is 59.6 Å².